The fourth-order valence-corrected chi connectivity index (χ4v) is 2.94. The van der Waals surface area contributed by atoms with E-state index < -0.39 is 0 Å². The quantitative estimate of drug-likeness (QED) is 0.666. The van der Waals surface area contributed by atoms with Crippen LogP contribution in [-0.4, -0.2) is 26.6 Å². The summed E-state index contributed by atoms with van der Waals surface area (Å²) in [7, 11) is 0. The molecule has 0 aliphatic rings. The van der Waals surface area contributed by atoms with Crippen LogP contribution in [0.1, 0.15) is 55.4 Å². The number of aromatic nitrogens is 3. The third kappa shape index (κ3) is 4.62. The molecule has 152 valence electrons. The predicted octanol–water partition coefficient (Wildman–Crippen LogP) is 3.85. The smallest absolute Gasteiger partial charge is 0.253 e. The molecule has 2 amide bonds. The van der Waals surface area contributed by atoms with Crippen LogP contribution in [-0.2, 0) is 11.3 Å². The summed E-state index contributed by atoms with van der Waals surface area (Å²) in [5.41, 5.74) is 3.69. The Labute approximate surface area is 170 Å². The molecule has 0 saturated carbocycles. The maximum atomic E-state index is 12.7. The van der Waals surface area contributed by atoms with Crippen LogP contribution < -0.4 is 10.6 Å². The van der Waals surface area contributed by atoms with Gasteiger partial charge in [-0.2, -0.15) is 5.10 Å². The van der Waals surface area contributed by atoms with Crippen LogP contribution in [0.25, 0.3) is 11.0 Å². The third-order valence-electron chi connectivity index (χ3n) is 4.69. The van der Waals surface area contributed by atoms with E-state index >= 15 is 0 Å². The van der Waals surface area contributed by atoms with Crippen LogP contribution >= 0.6 is 0 Å². The van der Waals surface area contributed by atoms with E-state index in [4.69, 9.17) is 0 Å². The Morgan fingerprint density at radius 3 is 2.41 bits per heavy atom. The highest BCUT2D eigenvalue weighted by Crippen LogP contribution is 2.19. The van der Waals surface area contributed by atoms with Crippen LogP contribution in [0.3, 0.4) is 0 Å². The number of amides is 2. The standard InChI is InChI=1S/C22H27N5O2/c1-13(2)21(28)26-18-8-6-16(7-9-18)11-23-22(29)19-10-17-12-24-27(14(3)4)20(17)25-15(19)5/h6-10,12-14H,11H2,1-5H3,(H,23,29)(H,26,28). The van der Waals surface area contributed by atoms with Crippen molar-refractivity contribution in [3.8, 4) is 0 Å². The van der Waals surface area contributed by atoms with Gasteiger partial charge in [0.2, 0.25) is 5.91 Å². The summed E-state index contributed by atoms with van der Waals surface area (Å²) in [6.45, 7) is 10.0. The van der Waals surface area contributed by atoms with Crippen molar-refractivity contribution in [2.24, 2.45) is 5.92 Å². The molecular formula is C22H27N5O2. The Kier molecular flexibility index (Phi) is 5.96. The van der Waals surface area contributed by atoms with Gasteiger partial charge in [-0.15, -0.1) is 0 Å². The number of pyridine rings is 1. The molecule has 0 radical (unpaired) electrons. The number of carbonyl (C=O) groups is 2. The zero-order valence-electron chi connectivity index (χ0n) is 17.5. The molecule has 3 rings (SSSR count). The van der Waals surface area contributed by atoms with Crippen molar-refractivity contribution in [2.75, 3.05) is 5.32 Å². The van der Waals surface area contributed by atoms with Gasteiger partial charge in [0, 0.05) is 29.6 Å². The first-order chi connectivity index (χ1) is 13.8. The first-order valence-electron chi connectivity index (χ1n) is 9.79. The highest BCUT2D eigenvalue weighted by molar-refractivity contribution is 5.98. The number of aryl methyl sites for hydroxylation is 1. The van der Waals surface area contributed by atoms with Crippen LogP contribution in [0, 0.1) is 12.8 Å². The van der Waals surface area contributed by atoms with Gasteiger partial charge in [0.05, 0.1) is 17.5 Å². The number of hydrogen-bond donors (Lipinski definition) is 2. The van der Waals surface area contributed by atoms with Crippen molar-refractivity contribution in [1.29, 1.82) is 0 Å². The maximum absolute atomic E-state index is 12.7. The summed E-state index contributed by atoms with van der Waals surface area (Å²) in [6, 6.07) is 9.48. The van der Waals surface area contributed by atoms with E-state index in [1.54, 1.807) is 6.20 Å². The molecular weight excluding hydrogens is 366 g/mol. The normalized spacial score (nSPS) is 11.3. The molecule has 0 saturated heterocycles. The first kappa shape index (κ1) is 20.5. The Morgan fingerprint density at radius 2 is 1.79 bits per heavy atom. The Bertz CT molecular complexity index is 1040. The van der Waals surface area contributed by atoms with Gasteiger partial charge < -0.3 is 10.6 Å². The molecule has 2 N–H and O–H groups in total. The van der Waals surface area contributed by atoms with Gasteiger partial charge in [0.1, 0.15) is 0 Å². The van der Waals surface area contributed by atoms with E-state index in [1.165, 1.54) is 0 Å². The molecule has 1 aromatic carbocycles. The van der Waals surface area contributed by atoms with E-state index in [0.717, 1.165) is 22.3 Å². The summed E-state index contributed by atoms with van der Waals surface area (Å²) >= 11 is 0. The first-order valence-corrected chi connectivity index (χ1v) is 9.79. The van der Waals surface area contributed by atoms with Crippen molar-refractivity contribution in [2.45, 2.75) is 47.2 Å². The molecule has 3 aromatic rings. The number of hydrogen-bond acceptors (Lipinski definition) is 4. The number of benzene rings is 1. The monoisotopic (exact) mass is 393 g/mol. The number of nitrogens with zero attached hydrogens (tertiary/aromatic N) is 3. The summed E-state index contributed by atoms with van der Waals surface area (Å²) < 4.78 is 1.85. The summed E-state index contributed by atoms with van der Waals surface area (Å²) in [4.78, 5) is 29.0. The van der Waals surface area contributed by atoms with E-state index in [1.807, 2.05) is 69.6 Å². The van der Waals surface area contributed by atoms with E-state index in [-0.39, 0.29) is 23.8 Å². The molecule has 29 heavy (non-hydrogen) atoms. The van der Waals surface area contributed by atoms with Crippen molar-refractivity contribution in [3.63, 3.8) is 0 Å². The van der Waals surface area contributed by atoms with Crippen LogP contribution in [0.15, 0.2) is 36.5 Å². The van der Waals surface area contributed by atoms with Gasteiger partial charge in [0.25, 0.3) is 5.91 Å². The number of carbonyl (C=O) groups excluding carboxylic acids is 2. The lowest BCUT2D eigenvalue weighted by atomic mass is 10.1. The molecule has 0 atom stereocenters. The molecule has 7 heteroatoms. The van der Waals surface area contributed by atoms with E-state index in [9.17, 15) is 9.59 Å². The average molecular weight is 393 g/mol. The second-order valence-corrected chi connectivity index (χ2v) is 7.74. The fraction of sp³-hybridized carbons (Fsp3) is 0.364. The maximum Gasteiger partial charge on any atom is 0.253 e. The van der Waals surface area contributed by atoms with Crippen LogP contribution in [0.4, 0.5) is 5.69 Å². The predicted molar refractivity (Wildman–Crippen MR) is 114 cm³/mol. The Morgan fingerprint density at radius 1 is 1.10 bits per heavy atom. The minimum Gasteiger partial charge on any atom is -0.348 e. The van der Waals surface area contributed by atoms with E-state index in [2.05, 4.69) is 20.7 Å². The molecule has 0 bridgehead atoms. The van der Waals surface area contributed by atoms with Crippen molar-refractivity contribution < 1.29 is 9.59 Å². The van der Waals surface area contributed by atoms with Gasteiger partial charge in [-0.05, 0) is 44.5 Å². The topological polar surface area (TPSA) is 88.9 Å². The lowest BCUT2D eigenvalue weighted by molar-refractivity contribution is -0.118. The third-order valence-corrected chi connectivity index (χ3v) is 4.69. The molecule has 0 fully saturated rings. The number of rotatable bonds is 6. The number of anilines is 1. The second kappa shape index (κ2) is 8.43. The SMILES string of the molecule is Cc1nc2c(cnn2C(C)C)cc1C(=O)NCc1ccc(NC(=O)C(C)C)cc1. The highest BCUT2D eigenvalue weighted by atomic mass is 16.2. The molecule has 7 nitrogen and oxygen atoms in total. The average Bonchev–Trinajstić information content (AvgIpc) is 3.09. The van der Waals surface area contributed by atoms with Crippen molar-refractivity contribution in [3.05, 3.63) is 53.3 Å². The summed E-state index contributed by atoms with van der Waals surface area (Å²) in [6.07, 6.45) is 1.74. The molecule has 0 spiro atoms. The van der Waals surface area contributed by atoms with Gasteiger partial charge in [-0.25, -0.2) is 9.67 Å². The van der Waals surface area contributed by atoms with Gasteiger partial charge in [-0.3, -0.25) is 9.59 Å². The molecule has 0 unspecified atom stereocenters. The van der Waals surface area contributed by atoms with Crippen molar-refractivity contribution >= 4 is 28.5 Å². The Balaban J connectivity index is 1.68. The molecule has 2 heterocycles. The van der Waals surface area contributed by atoms with Gasteiger partial charge in [-0.1, -0.05) is 26.0 Å². The summed E-state index contributed by atoms with van der Waals surface area (Å²) in [5, 5.41) is 11.0. The fourth-order valence-electron chi connectivity index (χ4n) is 2.94. The lowest BCUT2D eigenvalue weighted by Crippen LogP contribution is -2.24. The minimum absolute atomic E-state index is 0.0230. The van der Waals surface area contributed by atoms with Crippen molar-refractivity contribution in [1.82, 2.24) is 20.1 Å². The summed E-state index contributed by atoms with van der Waals surface area (Å²) in [5.74, 6) is -0.271. The second-order valence-electron chi connectivity index (χ2n) is 7.74. The van der Waals surface area contributed by atoms with E-state index in [0.29, 0.717) is 17.8 Å². The zero-order valence-corrected chi connectivity index (χ0v) is 17.5. The molecule has 0 aliphatic heterocycles. The lowest BCUT2D eigenvalue weighted by Gasteiger charge is -2.11. The number of nitrogens with one attached hydrogen (secondary N) is 2. The van der Waals surface area contributed by atoms with Crippen LogP contribution in [0.2, 0.25) is 0 Å². The zero-order chi connectivity index (χ0) is 21.1. The minimum atomic E-state index is -0.175. The van der Waals surface area contributed by atoms with Crippen LogP contribution in [0.5, 0.6) is 0 Å². The Hall–Kier alpha value is -3.22. The number of fused-ring (bicyclic) bond motifs is 1. The molecule has 2 aromatic heterocycles. The van der Waals surface area contributed by atoms with Gasteiger partial charge in [0.15, 0.2) is 5.65 Å². The molecule has 0 aliphatic carbocycles. The van der Waals surface area contributed by atoms with Gasteiger partial charge >= 0.3 is 0 Å². The highest BCUT2D eigenvalue weighted by Gasteiger charge is 2.15. The largest absolute Gasteiger partial charge is 0.348 e.